The Morgan fingerprint density at radius 2 is 2.23 bits per heavy atom. The van der Waals surface area contributed by atoms with Crippen LogP contribution in [0.3, 0.4) is 0 Å². The highest BCUT2D eigenvalue weighted by Gasteiger charge is 2.14. The maximum atomic E-state index is 12.3. The minimum atomic E-state index is -0.435. The Hall–Kier alpha value is -3.59. The van der Waals surface area contributed by atoms with E-state index in [1.807, 2.05) is 42.7 Å². The topological polar surface area (TPSA) is 83.9 Å². The van der Waals surface area contributed by atoms with Crippen molar-refractivity contribution in [3.8, 4) is 11.8 Å². The SMILES string of the molecule is Cc1cc(/C=C(/C#N)C(=O)NCc2ccco2)c(C)n1-c1cccnc1. The van der Waals surface area contributed by atoms with E-state index >= 15 is 0 Å². The second-order valence-electron chi connectivity index (χ2n) is 5.80. The average molecular weight is 346 g/mol. The van der Waals surface area contributed by atoms with Crippen LogP contribution in [0.1, 0.15) is 22.7 Å². The molecule has 0 atom stereocenters. The zero-order valence-corrected chi connectivity index (χ0v) is 14.6. The summed E-state index contributed by atoms with van der Waals surface area (Å²) >= 11 is 0. The summed E-state index contributed by atoms with van der Waals surface area (Å²) in [5.41, 5.74) is 3.72. The van der Waals surface area contributed by atoms with Gasteiger partial charge in [-0.05, 0) is 55.8 Å². The predicted molar refractivity (Wildman–Crippen MR) is 97.2 cm³/mol. The number of amides is 1. The third-order valence-corrected chi connectivity index (χ3v) is 4.04. The Morgan fingerprint density at radius 1 is 1.38 bits per heavy atom. The summed E-state index contributed by atoms with van der Waals surface area (Å²) in [6.45, 7) is 4.15. The van der Waals surface area contributed by atoms with Gasteiger partial charge in [0.15, 0.2) is 0 Å². The van der Waals surface area contributed by atoms with Crippen molar-refractivity contribution in [3.05, 3.63) is 77.3 Å². The summed E-state index contributed by atoms with van der Waals surface area (Å²) in [6.07, 6.45) is 6.63. The minimum absolute atomic E-state index is 0.0444. The molecule has 1 amide bonds. The molecule has 3 rings (SSSR count). The fourth-order valence-electron chi connectivity index (χ4n) is 2.80. The van der Waals surface area contributed by atoms with Crippen LogP contribution in [0.15, 0.2) is 59.0 Å². The van der Waals surface area contributed by atoms with Gasteiger partial charge in [0, 0.05) is 17.6 Å². The highest BCUT2D eigenvalue weighted by atomic mass is 16.3. The molecule has 6 heteroatoms. The molecule has 0 saturated carbocycles. The van der Waals surface area contributed by atoms with Gasteiger partial charge in [0.2, 0.25) is 0 Å². The first kappa shape index (κ1) is 17.2. The average Bonchev–Trinajstić information content (AvgIpc) is 3.26. The number of carbonyl (C=O) groups is 1. The number of carbonyl (C=O) groups excluding carboxylic acids is 1. The molecular weight excluding hydrogens is 328 g/mol. The molecule has 0 aliphatic carbocycles. The van der Waals surface area contributed by atoms with E-state index in [2.05, 4.69) is 10.3 Å². The van der Waals surface area contributed by atoms with E-state index in [4.69, 9.17) is 4.42 Å². The third kappa shape index (κ3) is 3.57. The molecule has 0 aliphatic heterocycles. The summed E-state index contributed by atoms with van der Waals surface area (Å²) in [5.74, 6) is 0.195. The lowest BCUT2D eigenvalue weighted by Crippen LogP contribution is -2.23. The molecule has 6 nitrogen and oxygen atoms in total. The van der Waals surface area contributed by atoms with Crippen LogP contribution in [0.4, 0.5) is 0 Å². The van der Waals surface area contributed by atoms with E-state index in [1.165, 1.54) is 6.26 Å². The molecule has 0 aromatic carbocycles. The first-order valence-corrected chi connectivity index (χ1v) is 8.12. The number of rotatable bonds is 5. The molecule has 1 N–H and O–H groups in total. The number of nitrogens with one attached hydrogen (secondary N) is 1. The first-order chi connectivity index (χ1) is 12.6. The number of hydrogen-bond acceptors (Lipinski definition) is 4. The summed E-state index contributed by atoms with van der Waals surface area (Å²) in [7, 11) is 0. The van der Waals surface area contributed by atoms with Crippen LogP contribution in [0.5, 0.6) is 0 Å². The fraction of sp³-hybridized carbons (Fsp3) is 0.150. The van der Waals surface area contributed by atoms with Crippen molar-refractivity contribution >= 4 is 12.0 Å². The van der Waals surface area contributed by atoms with Crippen LogP contribution in [0.25, 0.3) is 11.8 Å². The number of aromatic nitrogens is 2. The molecule has 0 aliphatic rings. The van der Waals surface area contributed by atoms with Gasteiger partial charge >= 0.3 is 0 Å². The van der Waals surface area contributed by atoms with Gasteiger partial charge in [0.1, 0.15) is 17.4 Å². The number of hydrogen-bond donors (Lipinski definition) is 1. The molecule has 3 aromatic rings. The van der Waals surface area contributed by atoms with Crippen molar-refractivity contribution in [3.63, 3.8) is 0 Å². The standard InChI is InChI=1S/C20H18N4O2/c1-14-9-16(15(2)24(14)18-5-3-7-22-12-18)10-17(11-21)20(25)23-13-19-6-4-8-26-19/h3-10,12H,13H2,1-2H3,(H,23,25)/b17-10-. The normalized spacial score (nSPS) is 11.2. The number of nitrogens with zero attached hydrogens (tertiary/aromatic N) is 3. The number of nitriles is 1. The Bertz CT molecular complexity index is 977. The zero-order chi connectivity index (χ0) is 18.5. The summed E-state index contributed by atoms with van der Waals surface area (Å²) < 4.78 is 7.21. The Morgan fingerprint density at radius 3 is 2.88 bits per heavy atom. The summed E-state index contributed by atoms with van der Waals surface area (Å²) in [6, 6.07) is 11.3. The highest BCUT2D eigenvalue weighted by molar-refractivity contribution is 6.01. The van der Waals surface area contributed by atoms with Crippen molar-refractivity contribution in [1.29, 1.82) is 5.26 Å². The number of pyridine rings is 1. The number of furan rings is 1. The van der Waals surface area contributed by atoms with Gasteiger partial charge < -0.3 is 14.3 Å². The van der Waals surface area contributed by atoms with E-state index in [-0.39, 0.29) is 12.1 Å². The maximum Gasteiger partial charge on any atom is 0.262 e. The summed E-state index contributed by atoms with van der Waals surface area (Å²) in [4.78, 5) is 16.4. The highest BCUT2D eigenvalue weighted by Crippen LogP contribution is 2.22. The zero-order valence-electron chi connectivity index (χ0n) is 14.6. The Labute approximate surface area is 151 Å². The third-order valence-electron chi connectivity index (χ3n) is 4.04. The Kier molecular flexibility index (Phi) is 4.99. The molecule has 3 heterocycles. The lowest BCUT2D eigenvalue weighted by atomic mass is 10.1. The predicted octanol–water partition coefficient (Wildman–Crippen LogP) is 3.31. The van der Waals surface area contributed by atoms with Gasteiger partial charge in [0.05, 0.1) is 24.7 Å². The van der Waals surface area contributed by atoms with E-state index < -0.39 is 5.91 Å². The van der Waals surface area contributed by atoms with Crippen molar-refractivity contribution in [2.75, 3.05) is 0 Å². The number of aryl methyl sites for hydroxylation is 1. The van der Waals surface area contributed by atoms with Crippen molar-refractivity contribution in [2.45, 2.75) is 20.4 Å². The molecule has 0 spiro atoms. The van der Waals surface area contributed by atoms with Crippen LogP contribution in [0, 0.1) is 25.2 Å². The van der Waals surface area contributed by atoms with E-state index in [1.54, 1.807) is 30.6 Å². The molecule has 0 bridgehead atoms. The van der Waals surface area contributed by atoms with Crippen LogP contribution < -0.4 is 5.32 Å². The van der Waals surface area contributed by atoms with Crippen LogP contribution in [0.2, 0.25) is 0 Å². The Balaban J connectivity index is 1.85. The largest absolute Gasteiger partial charge is 0.467 e. The van der Waals surface area contributed by atoms with Crippen molar-refractivity contribution < 1.29 is 9.21 Å². The molecular formula is C20H18N4O2. The van der Waals surface area contributed by atoms with E-state index in [0.29, 0.717) is 5.76 Å². The maximum absolute atomic E-state index is 12.3. The van der Waals surface area contributed by atoms with Gasteiger partial charge in [-0.2, -0.15) is 5.26 Å². The molecule has 0 fully saturated rings. The lowest BCUT2D eigenvalue weighted by molar-refractivity contribution is -0.117. The second-order valence-corrected chi connectivity index (χ2v) is 5.80. The van der Waals surface area contributed by atoms with Crippen LogP contribution in [-0.2, 0) is 11.3 Å². The first-order valence-electron chi connectivity index (χ1n) is 8.12. The quantitative estimate of drug-likeness (QED) is 0.567. The molecule has 3 aromatic heterocycles. The fourth-order valence-corrected chi connectivity index (χ4v) is 2.80. The smallest absolute Gasteiger partial charge is 0.262 e. The molecule has 0 radical (unpaired) electrons. The molecule has 0 unspecified atom stereocenters. The van der Waals surface area contributed by atoms with Crippen LogP contribution >= 0.6 is 0 Å². The van der Waals surface area contributed by atoms with Crippen molar-refractivity contribution in [2.24, 2.45) is 0 Å². The van der Waals surface area contributed by atoms with Gasteiger partial charge in [-0.3, -0.25) is 9.78 Å². The molecule has 26 heavy (non-hydrogen) atoms. The second kappa shape index (κ2) is 7.53. The molecule has 130 valence electrons. The van der Waals surface area contributed by atoms with E-state index in [0.717, 1.165) is 22.6 Å². The van der Waals surface area contributed by atoms with Crippen molar-refractivity contribution in [1.82, 2.24) is 14.9 Å². The lowest BCUT2D eigenvalue weighted by Gasteiger charge is -2.08. The molecule has 0 saturated heterocycles. The monoisotopic (exact) mass is 346 g/mol. The summed E-state index contributed by atoms with van der Waals surface area (Å²) in [5, 5.41) is 12.1. The van der Waals surface area contributed by atoms with Gasteiger partial charge in [-0.15, -0.1) is 0 Å². The van der Waals surface area contributed by atoms with Crippen LogP contribution in [-0.4, -0.2) is 15.5 Å². The van der Waals surface area contributed by atoms with Gasteiger partial charge in [-0.1, -0.05) is 0 Å². The minimum Gasteiger partial charge on any atom is -0.467 e. The van der Waals surface area contributed by atoms with Gasteiger partial charge in [0.25, 0.3) is 5.91 Å². The van der Waals surface area contributed by atoms with E-state index in [9.17, 15) is 10.1 Å². The van der Waals surface area contributed by atoms with Gasteiger partial charge in [-0.25, -0.2) is 0 Å².